The van der Waals surface area contributed by atoms with Crippen LogP contribution in [0.15, 0.2) is 48.5 Å². The van der Waals surface area contributed by atoms with Gasteiger partial charge in [0.2, 0.25) is 0 Å². The van der Waals surface area contributed by atoms with Crippen molar-refractivity contribution < 1.29 is 24.2 Å². The number of benzene rings is 2. The third-order valence-corrected chi connectivity index (χ3v) is 6.58. The van der Waals surface area contributed by atoms with Gasteiger partial charge in [0.1, 0.15) is 12.1 Å². The molecule has 1 saturated heterocycles. The normalized spacial score (nSPS) is 18.6. The number of likely N-dealkylation sites (tertiary alicyclic amines) is 1. The van der Waals surface area contributed by atoms with Gasteiger partial charge in [-0.15, -0.1) is 0 Å². The van der Waals surface area contributed by atoms with E-state index in [0.29, 0.717) is 25.8 Å². The number of rotatable bonds is 5. The fourth-order valence-electron chi connectivity index (χ4n) is 4.87. The summed E-state index contributed by atoms with van der Waals surface area (Å²) in [6, 6.07) is 16.2. The molecule has 0 radical (unpaired) electrons. The molecule has 7 nitrogen and oxygen atoms in total. The zero-order valence-corrected chi connectivity index (χ0v) is 18.5. The topological polar surface area (TPSA) is 95.9 Å². The Kier molecular flexibility index (Phi) is 6.36. The Morgan fingerprint density at radius 2 is 1.76 bits per heavy atom. The van der Waals surface area contributed by atoms with E-state index in [0.717, 1.165) is 22.3 Å². The van der Waals surface area contributed by atoms with Gasteiger partial charge >= 0.3 is 12.1 Å². The van der Waals surface area contributed by atoms with Crippen LogP contribution in [0.25, 0.3) is 11.1 Å². The third-order valence-electron chi connectivity index (χ3n) is 6.58. The van der Waals surface area contributed by atoms with Gasteiger partial charge < -0.3 is 20.1 Å². The van der Waals surface area contributed by atoms with Crippen LogP contribution in [0, 0.1) is 11.8 Å². The van der Waals surface area contributed by atoms with Crippen LogP contribution in [0.1, 0.15) is 43.2 Å². The number of amides is 2. The van der Waals surface area contributed by atoms with Crippen LogP contribution in [-0.4, -0.2) is 53.2 Å². The maximum Gasteiger partial charge on any atom is 0.407 e. The highest BCUT2D eigenvalue weighted by molar-refractivity contribution is 5.98. The first-order chi connectivity index (χ1) is 16.0. The Labute approximate surface area is 192 Å². The average Bonchev–Trinajstić information content (AvgIpc) is 3.41. The van der Waals surface area contributed by atoms with Crippen LogP contribution in [-0.2, 0) is 14.3 Å². The Hall–Kier alpha value is -3.79. The molecule has 2 amide bonds. The van der Waals surface area contributed by atoms with Crippen LogP contribution < -0.4 is 5.32 Å². The first kappa shape index (κ1) is 22.4. The molecule has 0 bridgehead atoms. The molecule has 170 valence electrons. The standard InChI is InChI=1S/C26H26N2O5/c1-2-26(24(30)31)14-8-16-28(26)23(29)13-7-15-27-25(32)33-17-22-20-11-5-3-9-18(20)19-10-4-6-12-21(19)22/h3-6,9-12,22H,2,8,14-17H2,1H3,(H,27,32)(H,30,31). The number of carbonyl (C=O) groups excluding carboxylic acids is 2. The number of nitrogens with one attached hydrogen (secondary N) is 1. The molecular weight excluding hydrogens is 420 g/mol. The largest absolute Gasteiger partial charge is 0.479 e. The molecule has 1 unspecified atom stereocenters. The molecule has 2 N–H and O–H groups in total. The number of carboxylic acids is 1. The predicted molar refractivity (Wildman–Crippen MR) is 122 cm³/mol. The van der Waals surface area contributed by atoms with Gasteiger partial charge in [-0.05, 0) is 47.4 Å². The number of hydrogen-bond donors (Lipinski definition) is 2. The van der Waals surface area contributed by atoms with E-state index in [9.17, 15) is 19.5 Å². The minimum absolute atomic E-state index is 0.0378. The second-order valence-electron chi connectivity index (χ2n) is 8.23. The van der Waals surface area contributed by atoms with E-state index >= 15 is 0 Å². The number of hydrogen-bond acceptors (Lipinski definition) is 4. The van der Waals surface area contributed by atoms with Gasteiger partial charge in [-0.1, -0.05) is 61.4 Å². The lowest BCUT2D eigenvalue weighted by Crippen LogP contribution is -2.52. The molecule has 33 heavy (non-hydrogen) atoms. The monoisotopic (exact) mass is 446 g/mol. The van der Waals surface area contributed by atoms with Crippen molar-refractivity contribution in [3.8, 4) is 23.0 Å². The lowest BCUT2D eigenvalue weighted by molar-refractivity contribution is -0.154. The molecule has 7 heteroatoms. The van der Waals surface area contributed by atoms with Crippen molar-refractivity contribution in [3.05, 3.63) is 59.7 Å². The van der Waals surface area contributed by atoms with Gasteiger partial charge in [0.15, 0.2) is 0 Å². The molecule has 0 spiro atoms. The van der Waals surface area contributed by atoms with Crippen molar-refractivity contribution in [1.82, 2.24) is 10.2 Å². The smallest absolute Gasteiger partial charge is 0.407 e. The van der Waals surface area contributed by atoms with E-state index in [1.807, 2.05) is 36.4 Å². The number of fused-ring (bicyclic) bond motifs is 3. The van der Waals surface area contributed by atoms with Gasteiger partial charge in [0.25, 0.3) is 5.91 Å². The van der Waals surface area contributed by atoms with Crippen molar-refractivity contribution in [1.29, 1.82) is 0 Å². The van der Waals surface area contributed by atoms with Crippen LogP contribution in [0.3, 0.4) is 0 Å². The summed E-state index contributed by atoms with van der Waals surface area (Å²) in [6.45, 7) is 2.25. The van der Waals surface area contributed by atoms with Crippen molar-refractivity contribution >= 4 is 18.0 Å². The van der Waals surface area contributed by atoms with Crippen LogP contribution >= 0.6 is 0 Å². The Morgan fingerprint density at radius 3 is 2.36 bits per heavy atom. The number of carboxylic acid groups (broad SMARTS) is 1. The lowest BCUT2D eigenvalue weighted by atomic mass is 9.93. The van der Waals surface area contributed by atoms with E-state index in [1.165, 1.54) is 4.90 Å². The number of nitrogens with zero attached hydrogens (tertiary/aromatic N) is 1. The SMILES string of the molecule is CCC1(C(=O)O)CCCN1C(=O)C#CCNC(=O)OCC1c2ccccc2-c2ccccc21. The zero-order valence-electron chi connectivity index (χ0n) is 18.5. The fourth-order valence-corrected chi connectivity index (χ4v) is 4.87. The summed E-state index contributed by atoms with van der Waals surface area (Å²) in [6.07, 6.45) is 0.761. The molecule has 1 fully saturated rings. The molecule has 1 aliphatic carbocycles. The maximum absolute atomic E-state index is 12.4. The molecule has 0 aromatic heterocycles. The van der Waals surface area contributed by atoms with Gasteiger partial charge in [-0.25, -0.2) is 9.59 Å². The van der Waals surface area contributed by atoms with Crippen molar-refractivity contribution in [2.45, 2.75) is 37.6 Å². The molecule has 1 atom stereocenters. The van der Waals surface area contributed by atoms with E-state index < -0.39 is 23.5 Å². The first-order valence-electron chi connectivity index (χ1n) is 11.1. The summed E-state index contributed by atoms with van der Waals surface area (Å²) in [5.41, 5.74) is 3.36. The molecule has 1 aliphatic heterocycles. The third kappa shape index (κ3) is 4.17. The predicted octanol–water partition coefficient (Wildman–Crippen LogP) is 3.38. The molecule has 2 aromatic rings. The van der Waals surface area contributed by atoms with Gasteiger partial charge in [-0.2, -0.15) is 0 Å². The van der Waals surface area contributed by atoms with Crippen LogP contribution in [0.4, 0.5) is 4.79 Å². The minimum Gasteiger partial charge on any atom is -0.479 e. The van der Waals surface area contributed by atoms with E-state index in [4.69, 9.17) is 4.74 Å². The van der Waals surface area contributed by atoms with Crippen molar-refractivity contribution in [3.63, 3.8) is 0 Å². The van der Waals surface area contributed by atoms with Gasteiger partial charge in [0, 0.05) is 12.5 Å². The lowest BCUT2D eigenvalue weighted by Gasteiger charge is -2.32. The molecule has 2 aromatic carbocycles. The second-order valence-corrected chi connectivity index (χ2v) is 8.23. The van der Waals surface area contributed by atoms with Crippen LogP contribution in [0.2, 0.25) is 0 Å². The summed E-state index contributed by atoms with van der Waals surface area (Å²) >= 11 is 0. The Bertz CT molecular complexity index is 1100. The summed E-state index contributed by atoms with van der Waals surface area (Å²) in [4.78, 5) is 37.7. The Morgan fingerprint density at radius 1 is 1.12 bits per heavy atom. The fraction of sp³-hybridized carbons (Fsp3) is 0.346. The van der Waals surface area contributed by atoms with E-state index in [1.54, 1.807) is 6.92 Å². The number of carbonyl (C=O) groups is 3. The number of ether oxygens (including phenoxy) is 1. The highest BCUT2D eigenvalue weighted by Crippen LogP contribution is 2.44. The van der Waals surface area contributed by atoms with Crippen molar-refractivity contribution in [2.24, 2.45) is 0 Å². The quantitative estimate of drug-likeness (QED) is 0.687. The molecule has 4 rings (SSSR count). The molecule has 0 saturated carbocycles. The maximum atomic E-state index is 12.4. The zero-order chi connectivity index (χ0) is 23.4. The molecule has 2 aliphatic rings. The van der Waals surface area contributed by atoms with Crippen LogP contribution in [0.5, 0.6) is 0 Å². The highest BCUT2D eigenvalue weighted by Gasteiger charge is 2.48. The summed E-state index contributed by atoms with van der Waals surface area (Å²) in [7, 11) is 0. The van der Waals surface area contributed by atoms with Crippen molar-refractivity contribution in [2.75, 3.05) is 19.7 Å². The second kappa shape index (κ2) is 9.37. The molecule has 1 heterocycles. The first-order valence-corrected chi connectivity index (χ1v) is 11.1. The highest BCUT2D eigenvalue weighted by atomic mass is 16.5. The average molecular weight is 447 g/mol. The van der Waals surface area contributed by atoms with Gasteiger partial charge in [-0.3, -0.25) is 4.79 Å². The summed E-state index contributed by atoms with van der Waals surface area (Å²) < 4.78 is 5.44. The minimum atomic E-state index is -1.19. The number of alkyl carbamates (subject to hydrolysis) is 1. The van der Waals surface area contributed by atoms with E-state index in [-0.39, 0.29) is 19.1 Å². The number of aliphatic carboxylic acids is 1. The van der Waals surface area contributed by atoms with Gasteiger partial charge in [0.05, 0.1) is 6.54 Å². The molecular formula is C26H26N2O5. The summed E-state index contributed by atoms with van der Waals surface area (Å²) in [5.74, 6) is 3.48. The van der Waals surface area contributed by atoms with E-state index in [2.05, 4.69) is 29.3 Å². The Balaban J connectivity index is 1.31. The summed E-state index contributed by atoms with van der Waals surface area (Å²) in [5, 5.41) is 12.1.